The number of nitrogens with zero attached hydrogens (tertiary/aromatic N) is 1. The minimum atomic E-state index is -0.415. The number of rotatable bonds is 2. The fraction of sp³-hybridized carbons (Fsp3) is 0.588. The molecule has 1 aliphatic heterocycles. The van der Waals surface area contributed by atoms with Gasteiger partial charge in [0, 0.05) is 35.7 Å². The van der Waals surface area contributed by atoms with Crippen molar-refractivity contribution in [1.82, 2.24) is 10.2 Å². The number of urea groups is 1. The average molecular weight is 340 g/mol. The lowest BCUT2D eigenvalue weighted by Crippen LogP contribution is -2.44. The molecular formula is C17H22F2N2OS. The Hall–Kier alpha value is -1.30. The Labute approximate surface area is 139 Å². The van der Waals surface area contributed by atoms with Gasteiger partial charge in [0.1, 0.15) is 11.6 Å². The number of hydrogen-bond donors (Lipinski definition) is 1. The van der Waals surface area contributed by atoms with Gasteiger partial charge < -0.3 is 10.2 Å². The zero-order valence-electron chi connectivity index (χ0n) is 13.1. The molecule has 1 N–H and O–H groups in total. The van der Waals surface area contributed by atoms with E-state index >= 15 is 0 Å². The van der Waals surface area contributed by atoms with Gasteiger partial charge in [-0.3, -0.25) is 0 Å². The van der Waals surface area contributed by atoms with Crippen LogP contribution in [0.15, 0.2) is 18.2 Å². The Bertz CT molecular complexity index is 564. The number of benzene rings is 1. The van der Waals surface area contributed by atoms with Crippen LogP contribution in [0.3, 0.4) is 0 Å². The van der Waals surface area contributed by atoms with Crippen molar-refractivity contribution in [2.75, 3.05) is 18.8 Å². The highest BCUT2D eigenvalue weighted by Gasteiger charge is 2.26. The summed E-state index contributed by atoms with van der Waals surface area (Å²) in [7, 11) is 0. The van der Waals surface area contributed by atoms with Crippen molar-refractivity contribution in [3.05, 3.63) is 35.4 Å². The van der Waals surface area contributed by atoms with E-state index in [9.17, 15) is 13.6 Å². The van der Waals surface area contributed by atoms with Gasteiger partial charge in [0.2, 0.25) is 0 Å². The van der Waals surface area contributed by atoms with Gasteiger partial charge >= 0.3 is 6.03 Å². The van der Waals surface area contributed by atoms with Crippen LogP contribution in [0.2, 0.25) is 0 Å². The molecule has 0 aromatic heterocycles. The van der Waals surface area contributed by atoms with Crippen LogP contribution in [-0.4, -0.2) is 35.8 Å². The Morgan fingerprint density at radius 2 is 1.96 bits per heavy atom. The van der Waals surface area contributed by atoms with E-state index in [1.165, 1.54) is 25.0 Å². The van der Waals surface area contributed by atoms with Crippen LogP contribution in [0.1, 0.15) is 42.9 Å². The van der Waals surface area contributed by atoms with Crippen LogP contribution in [0.25, 0.3) is 0 Å². The first-order valence-corrected chi connectivity index (χ1v) is 9.30. The molecule has 1 aliphatic carbocycles. The van der Waals surface area contributed by atoms with Crippen molar-refractivity contribution in [2.24, 2.45) is 0 Å². The number of amides is 2. The third-order valence-corrected chi connectivity index (χ3v) is 5.93. The van der Waals surface area contributed by atoms with E-state index in [-0.39, 0.29) is 17.1 Å². The lowest BCUT2D eigenvalue weighted by Gasteiger charge is -2.23. The summed E-state index contributed by atoms with van der Waals surface area (Å²) in [5, 5.41) is 2.99. The summed E-state index contributed by atoms with van der Waals surface area (Å²) in [6.07, 6.45) is 5.13. The first kappa shape index (κ1) is 16.6. The summed E-state index contributed by atoms with van der Waals surface area (Å²) in [5.41, 5.74) is 0.410. The van der Waals surface area contributed by atoms with Gasteiger partial charge in [-0.25, -0.2) is 13.6 Å². The van der Waals surface area contributed by atoms with Gasteiger partial charge in [-0.2, -0.15) is 11.8 Å². The van der Waals surface area contributed by atoms with E-state index in [0.29, 0.717) is 31.1 Å². The second kappa shape index (κ2) is 7.51. The second-order valence-electron chi connectivity index (χ2n) is 6.23. The summed E-state index contributed by atoms with van der Waals surface area (Å²) in [6.45, 7) is 1.23. The van der Waals surface area contributed by atoms with E-state index in [1.54, 1.807) is 11.8 Å². The highest BCUT2D eigenvalue weighted by atomic mass is 32.2. The molecule has 2 fully saturated rings. The molecule has 1 saturated heterocycles. The minimum absolute atomic E-state index is 0.0159. The number of halogens is 2. The van der Waals surface area contributed by atoms with Crippen LogP contribution < -0.4 is 5.32 Å². The third-order valence-electron chi connectivity index (χ3n) is 4.62. The molecule has 6 heteroatoms. The molecule has 3 nitrogen and oxygen atoms in total. The van der Waals surface area contributed by atoms with Crippen molar-refractivity contribution in [2.45, 2.75) is 43.4 Å². The smallest absolute Gasteiger partial charge is 0.317 e. The molecule has 1 heterocycles. The normalized spacial score (nSPS) is 22.9. The predicted octanol–water partition coefficient (Wildman–Crippen LogP) is 4.10. The molecule has 126 valence electrons. The zero-order valence-corrected chi connectivity index (χ0v) is 13.9. The van der Waals surface area contributed by atoms with Crippen LogP contribution in [0.4, 0.5) is 13.6 Å². The van der Waals surface area contributed by atoms with Crippen LogP contribution in [0.5, 0.6) is 0 Å². The molecule has 0 spiro atoms. The Balaban J connectivity index is 1.60. The Kier molecular flexibility index (Phi) is 5.41. The maximum Gasteiger partial charge on any atom is 0.317 e. The monoisotopic (exact) mass is 340 g/mol. The summed E-state index contributed by atoms with van der Waals surface area (Å²) in [4.78, 5) is 14.2. The molecule has 0 radical (unpaired) electrons. The molecule has 1 aromatic rings. The average Bonchev–Trinajstić information content (AvgIpc) is 2.91. The third kappa shape index (κ3) is 4.16. The summed E-state index contributed by atoms with van der Waals surface area (Å²) < 4.78 is 27.3. The first-order chi connectivity index (χ1) is 11.1. The number of carbonyl (C=O) groups excluding carboxylic acids is 1. The van der Waals surface area contributed by atoms with Crippen LogP contribution >= 0.6 is 11.8 Å². The lowest BCUT2D eigenvalue weighted by molar-refractivity contribution is 0.197. The van der Waals surface area contributed by atoms with Crippen LogP contribution in [-0.2, 0) is 0 Å². The topological polar surface area (TPSA) is 32.3 Å². The second-order valence-corrected chi connectivity index (χ2v) is 7.54. The lowest BCUT2D eigenvalue weighted by atomic mass is 10.1. The van der Waals surface area contributed by atoms with Crippen molar-refractivity contribution >= 4 is 17.8 Å². The molecule has 1 unspecified atom stereocenters. The largest absolute Gasteiger partial charge is 0.335 e. The van der Waals surface area contributed by atoms with E-state index in [4.69, 9.17) is 0 Å². The molecule has 3 rings (SSSR count). The van der Waals surface area contributed by atoms with E-state index in [2.05, 4.69) is 5.32 Å². The van der Waals surface area contributed by atoms with Gasteiger partial charge in [0.25, 0.3) is 0 Å². The fourth-order valence-electron chi connectivity index (χ4n) is 3.32. The van der Waals surface area contributed by atoms with Crippen molar-refractivity contribution in [3.63, 3.8) is 0 Å². The maximum absolute atomic E-state index is 13.9. The van der Waals surface area contributed by atoms with Gasteiger partial charge in [0.05, 0.1) is 0 Å². The van der Waals surface area contributed by atoms with Crippen molar-refractivity contribution in [3.8, 4) is 0 Å². The van der Waals surface area contributed by atoms with Gasteiger partial charge in [-0.1, -0.05) is 12.8 Å². The molecule has 23 heavy (non-hydrogen) atoms. The predicted molar refractivity (Wildman–Crippen MR) is 88.5 cm³/mol. The SMILES string of the molecule is O=C(NC1CCCC1)N1CCSC(c2cc(F)ccc2F)CC1. The minimum Gasteiger partial charge on any atom is -0.335 e. The Morgan fingerprint density at radius 1 is 1.17 bits per heavy atom. The molecule has 2 aliphatic rings. The molecule has 2 amide bonds. The number of carbonyl (C=O) groups is 1. The van der Waals surface area contributed by atoms with Crippen molar-refractivity contribution in [1.29, 1.82) is 0 Å². The summed E-state index contributed by atoms with van der Waals surface area (Å²) in [6, 6.07) is 3.89. The molecule has 1 aromatic carbocycles. The summed E-state index contributed by atoms with van der Waals surface area (Å²) in [5.74, 6) is -0.0477. The summed E-state index contributed by atoms with van der Waals surface area (Å²) >= 11 is 1.60. The number of hydrogen-bond acceptors (Lipinski definition) is 2. The maximum atomic E-state index is 13.9. The Morgan fingerprint density at radius 3 is 2.74 bits per heavy atom. The van der Waals surface area contributed by atoms with Gasteiger partial charge in [-0.15, -0.1) is 0 Å². The molecular weight excluding hydrogens is 318 g/mol. The van der Waals surface area contributed by atoms with Crippen LogP contribution in [0, 0.1) is 11.6 Å². The fourth-order valence-corrected chi connectivity index (χ4v) is 4.56. The highest BCUT2D eigenvalue weighted by molar-refractivity contribution is 7.99. The highest BCUT2D eigenvalue weighted by Crippen LogP contribution is 2.36. The molecule has 1 atom stereocenters. The molecule has 0 bridgehead atoms. The van der Waals surface area contributed by atoms with Crippen molar-refractivity contribution < 1.29 is 13.6 Å². The standard InChI is InChI=1S/C17H22F2N2OS/c18-12-5-6-15(19)14(11-12)16-7-8-21(9-10-23-16)17(22)20-13-3-1-2-4-13/h5-6,11,13,16H,1-4,7-10H2,(H,20,22). The molecule has 1 saturated carbocycles. The van der Waals surface area contributed by atoms with Gasteiger partial charge in [-0.05, 0) is 37.5 Å². The quantitative estimate of drug-likeness (QED) is 0.879. The van der Waals surface area contributed by atoms with E-state index in [1.807, 2.05) is 4.90 Å². The van der Waals surface area contributed by atoms with E-state index < -0.39 is 5.82 Å². The zero-order chi connectivity index (χ0) is 16.2. The first-order valence-electron chi connectivity index (χ1n) is 8.25. The van der Waals surface area contributed by atoms with E-state index in [0.717, 1.165) is 24.7 Å². The number of nitrogens with one attached hydrogen (secondary N) is 1. The number of thioether (sulfide) groups is 1. The van der Waals surface area contributed by atoms with Gasteiger partial charge in [0.15, 0.2) is 0 Å².